The molecule has 0 radical (unpaired) electrons. The average Bonchev–Trinajstić information content (AvgIpc) is 3.35. The molecule has 0 atom stereocenters. The largest absolute Gasteiger partial charge is 0.459 e. The van der Waals surface area contributed by atoms with Crippen molar-refractivity contribution >= 4 is 32.6 Å². The lowest BCUT2D eigenvalue weighted by Gasteiger charge is -2.18. The van der Waals surface area contributed by atoms with E-state index in [0.29, 0.717) is 17.4 Å². The molecule has 0 aliphatic carbocycles. The van der Waals surface area contributed by atoms with Crippen molar-refractivity contribution in [1.29, 1.82) is 0 Å². The molecule has 0 saturated carbocycles. The summed E-state index contributed by atoms with van der Waals surface area (Å²) in [5.41, 5.74) is 3.13. The highest BCUT2D eigenvalue weighted by Gasteiger charge is 2.23. The number of hydrogen-bond acceptors (Lipinski definition) is 5. The lowest BCUT2D eigenvalue weighted by molar-refractivity contribution is 0.0958. The maximum Gasteiger partial charge on any atom is 0.296 e. The molecule has 26 heavy (non-hydrogen) atoms. The summed E-state index contributed by atoms with van der Waals surface area (Å²) < 4.78 is 6.39. The number of fused-ring (bicyclic) bond motifs is 1. The molecule has 1 aromatic carbocycles. The first-order valence-electron chi connectivity index (χ1n) is 8.38. The van der Waals surface area contributed by atoms with Gasteiger partial charge in [-0.25, -0.2) is 4.98 Å². The zero-order chi connectivity index (χ0) is 17.9. The van der Waals surface area contributed by atoms with Crippen molar-refractivity contribution < 1.29 is 9.21 Å². The summed E-state index contributed by atoms with van der Waals surface area (Å²) in [6.07, 6.45) is 5.91. The summed E-state index contributed by atoms with van der Waals surface area (Å²) in [5.74, 6) is 0.0918. The number of aryl methyl sites for hydroxylation is 1. The minimum atomic E-state index is -0.207. The number of amides is 1. The van der Waals surface area contributed by atoms with Crippen molar-refractivity contribution in [3.63, 3.8) is 0 Å². The number of pyridine rings is 1. The minimum absolute atomic E-state index is 0.207. The van der Waals surface area contributed by atoms with E-state index in [2.05, 4.69) is 29.0 Å². The van der Waals surface area contributed by atoms with Crippen LogP contribution < -0.4 is 4.90 Å². The van der Waals surface area contributed by atoms with Gasteiger partial charge in [0, 0.05) is 12.4 Å². The van der Waals surface area contributed by atoms with Gasteiger partial charge in [0.2, 0.25) is 0 Å². The van der Waals surface area contributed by atoms with Crippen molar-refractivity contribution in [2.45, 2.75) is 19.9 Å². The standard InChI is InChI=1S/C20H17N3O2S/c1-2-14-5-6-16-18(12-14)26-20(22-16)23(13-15-7-9-21-10-8-15)19(24)17-4-3-11-25-17/h3-12H,2,13H2,1H3. The highest BCUT2D eigenvalue weighted by molar-refractivity contribution is 7.22. The number of aromatic nitrogens is 2. The molecule has 0 fully saturated rings. The van der Waals surface area contributed by atoms with Crippen LogP contribution in [0.5, 0.6) is 0 Å². The zero-order valence-corrected chi connectivity index (χ0v) is 15.1. The molecule has 0 aliphatic rings. The average molecular weight is 363 g/mol. The van der Waals surface area contributed by atoms with Gasteiger partial charge in [-0.2, -0.15) is 0 Å². The van der Waals surface area contributed by atoms with Crippen LogP contribution >= 0.6 is 11.3 Å². The van der Waals surface area contributed by atoms with Gasteiger partial charge in [-0.3, -0.25) is 14.7 Å². The summed E-state index contributed by atoms with van der Waals surface area (Å²) in [5, 5.41) is 0.659. The highest BCUT2D eigenvalue weighted by atomic mass is 32.1. The van der Waals surface area contributed by atoms with E-state index in [1.54, 1.807) is 29.4 Å². The predicted octanol–water partition coefficient (Wildman–Crippen LogP) is 4.69. The van der Waals surface area contributed by atoms with E-state index in [1.165, 1.54) is 23.2 Å². The Labute approximate surface area is 154 Å². The van der Waals surface area contributed by atoms with Gasteiger partial charge in [-0.15, -0.1) is 0 Å². The van der Waals surface area contributed by atoms with Gasteiger partial charge >= 0.3 is 0 Å². The number of anilines is 1. The molecule has 0 aliphatic heterocycles. The molecule has 1 amide bonds. The predicted molar refractivity (Wildman–Crippen MR) is 102 cm³/mol. The fourth-order valence-electron chi connectivity index (χ4n) is 2.72. The SMILES string of the molecule is CCc1ccc2nc(N(Cc3ccncc3)C(=O)c3ccco3)sc2c1. The van der Waals surface area contributed by atoms with E-state index in [1.807, 2.05) is 18.2 Å². The van der Waals surface area contributed by atoms with E-state index >= 15 is 0 Å². The van der Waals surface area contributed by atoms with E-state index in [9.17, 15) is 4.79 Å². The normalized spacial score (nSPS) is 11.0. The molecule has 0 spiro atoms. The van der Waals surface area contributed by atoms with Gasteiger partial charge in [0.05, 0.1) is 23.0 Å². The Morgan fingerprint density at radius 1 is 1.15 bits per heavy atom. The van der Waals surface area contributed by atoms with Crippen LogP contribution in [0.25, 0.3) is 10.2 Å². The number of hydrogen-bond donors (Lipinski definition) is 0. The Kier molecular flexibility index (Phi) is 4.50. The second-order valence-electron chi connectivity index (χ2n) is 5.88. The van der Waals surface area contributed by atoms with E-state index in [4.69, 9.17) is 4.42 Å². The number of benzene rings is 1. The van der Waals surface area contributed by atoms with Crippen LogP contribution in [0, 0.1) is 0 Å². The quantitative estimate of drug-likeness (QED) is 0.516. The maximum absolute atomic E-state index is 13.0. The summed E-state index contributed by atoms with van der Waals surface area (Å²) >= 11 is 1.52. The topological polar surface area (TPSA) is 59.2 Å². The Morgan fingerprint density at radius 2 is 2.00 bits per heavy atom. The first-order valence-corrected chi connectivity index (χ1v) is 9.20. The molecular formula is C20H17N3O2S. The van der Waals surface area contributed by atoms with Gasteiger partial charge in [-0.1, -0.05) is 24.3 Å². The second kappa shape index (κ2) is 7.09. The Balaban J connectivity index is 1.75. The van der Waals surface area contributed by atoms with Gasteiger partial charge < -0.3 is 4.42 Å². The van der Waals surface area contributed by atoms with Crippen LogP contribution in [-0.2, 0) is 13.0 Å². The third-order valence-electron chi connectivity index (χ3n) is 4.15. The molecule has 4 aromatic rings. The van der Waals surface area contributed by atoms with Crippen molar-refractivity contribution in [3.05, 3.63) is 78.0 Å². The molecule has 3 aromatic heterocycles. The van der Waals surface area contributed by atoms with Crippen molar-refractivity contribution in [2.24, 2.45) is 0 Å². The van der Waals surface area contributed by atoms with Crippen molar-refractivity contribution in [2.75, 3.05) is 4.90 Å². The van der Waals surface area contributed by atoms with Crippen molar-refractivity contribution in [1.82, 2.24) is 9.97 Å². The second-order valence-corrected chi connectivity index (χ2v) is 6.89. The fourth-order valence-corrected chi connectivity index (χ4v) is 3.75. The molecule has 0 bridgehead atoms. The number of nitrogens with zero attached hydrogens (tertiary/aromatic N) is 3. The van der Waals surface area contributed by atoms with Crippen LogP contribution in [-0.4, -0.2) is 15.9 Å². The first-order chi connectivity index (χ1) is 12.7. The monoisotopic (exact) mass is 363 g/mol. The van der Waals surface area contributed by atoms with Gasteiger partial charge in [0.1, 0.15) is 0 Å². The smallest absolute Gasteiger partial charge is 0.296 e. The lowest BCUT2D eigenvalue weighted by atomic mass is 10.2. The number of rotatable bonds is 5. The van der Waals surface area contributed by atoms with E-state index in [0.717, 1.165) is 22.2 Å². The Bertz CT molecular complexity index is 1030. The molecule has 3 heterocycles. The number of furan rings is 1. The van der Waals surface area contributed by atoms with Gasteiger partial charge in [0.25, 0.3) is 5.91 Å². The van der Waals surface area contributed by atoms with Crippen LogP contribution in [0.4, 0.5) is 5.13 Å². The van der Waals surface area contributed by atoms with Gasteiger partial charge in [-0.05, 0) is 53.9 Å². The molecule has 6 heteroatoms. The molecule has 130 valence electrons. The summed E-state index contributed by atoms with van der Waals surface area (Å²) in [7, 11) is 0. The van der Waals surface area contributed by atoms with Crippen molar-refractivity contribution in [3.8, 4) is 0 Å². The number of thiazole rings is 1. The third kappa shape index (κ3) is 3.23. The molecule has 0 N–H and O–H groups in total. The third-order valence-corrected chi connectivity index (χ3v) is 5.19. The van der Waals surface area contributed by atoms with Crippen LogP contribution in [0.15, 0.2) is 65.5 Å². The molecule has 0 saturated heterocycles. The van der Waals surface area contributed by atoms with E-state index < -0.39 is 0 Å². The maximum atomic E-state index is 13.0. The summed E-state index contributed by atoms with van der Waals surface area (Å²) in [4.78, 5) is 23.4. The molecular weight excluding hydrogens is 346 g/mol. The Hall–Kier alpha value is -2.99. The molecule has 4 rings (SSSR count). The summed E-state index contributed by atoms with van der Waals surface area (Å²) in [6, 6.07) is 13.4. The first kappa shape index (κ1) is 16.5. The lowest BCUT2D eigenvalue weighted by Crippen LogP contribution is -2.30. The molecule has 0 unspecified atom stereocenters. The Morgan fingerprint density at radius 3 is 2.73 bits per heavy atom. The van der Waals surface area contributed by atoms with Crippen LogP contribution in [0.3, 0.4) is 0 Å². The minimum Gasteiger partial charge on any atom is -0.459 e. The molecule has 5 nitrogen and oxygen atoms in total. The van der Waals surface area contributed by atoms with Gasteiger partial charge in [0.15, 0.2) is 10.9 Å². The highest BCUT2D eigenvalue weighted by Crippen LogP contribution is 2.31. The van der Waals surface area contributed by atoms with E-state index in [-0.39, 0.29) is 5.91 Å². The zero-order valence-electron chi connectivity index (χ0n) is 14.3. The van der Waals surface area contributed by atoms with Crippen LogP contribution in [0.1, 0.15) is 28.6 Å². The van der Waals surface area contributed by atoms with Crippen LogP contribution in [0.2, 0.25) is 0 Å². The number of carbonyl (C=O) groups excluding carboxylic acids is 1. The number of carbonyl (C=O) groups is 1. The summed E-state index contributed by atoms with van der Waals surface area (Å²) in [6.45, 7) is 2.53. The fraction of sp³-hybridized carbons (Fsp3) is 0.150.